The fraction of sp³-hybridized carbons (Fsp3) is 0.429. The number of aromatic hydroxyl groups is 1. The molecule has 0 radical (unpaired) electrons. The van der Waals surface area contributed by atoms with E-state index in [9.17, 15) is 37.5 Å². The Hall–Kier alpha value is -3.17. The van der Waals surface area contributed by atoms with Crippen LogP contribution >= 0.6 is 0 Å². The predicted octanol–water partition coefficient (Wildman–Crippen LogP) is -2.42. The summed E-state index contributed by atoms with van der Waals surface area (Å²) < 4.78 is 46.3. The molecule has 1 aliphatic rings. The van der Waals surface area contributed by atoms with Gasteiger partial charge in [-0.05, 0) is 6.92 Å². The molecule has 3 rings (SSSR count). The van der Waals surface area contributed by atoms with Crippen molar-refractivity contribution in [2.24, 2.45) is 0 Å². The van der Waals surface area contributed by atoms with E-state index >= 15 is 0 Å². The van der Waals surface area contributed by atoms with Gasteiger partial charge in [0.25, 0.3) is 11.1 Å². The maximum atomic E-state index is 14.5. The van der Waals surface area contributed by atoms with Gasteiger partial charge in [0.1, 0.15) is 6.10 Å². The molecule has 0 saturated carbocycles. The summed E-state index contributed by atoms with van der Waals surface area (Å²) in [5.41, 5.74) is -3.94. The first kappa shape index (κ1) is 22.1. The average molecular weight is 424 g/mol. The van der Waals surface area contributed by atoms with Crippen LogP contribution in [-0.2, 0) is 10.7 Å². The van der Waals surface area contributed by atoms with Gasteiger partial charge in [0.05, 0.1) is 12.8 Å². The molecule has 29 heavy (non-hydrogen) atoms. The molecule has 3 atom stereocenters. The molecular weight excluding hydrogens is 409 g/mol. The standard InChI is InChI=1S/C10H11F3N2O5.C4H4N2O3/c1-4-2-15(8(19)14-7(4)18)10(13)9(11,12)6(17)5(3-16)20-10;7-2-1-5-4(9)6-3(2)8/h2,5-6,16-17H,3H2,1H3,(H,14,18,19);1,7H,(H2,5,6,8,9)/t5-,6-,10+;/m1./s1. The molecule has 0 unspecified atom stereocenters. The van der Waals surface area contributed by atoms with Gasteiger partial charge in [0.2, 0.25) is 0 Å². The van der Waals surface area contributed by atoms with Crippen LogP contribution < -0.4 is 22.5 Å². The van der Waals surface area contributed by atoms with Crippen LogP contribution in [0.25, 0.3) is 0 Å². The summed E-state index contributed by atoms with van der Waals surface area (Å²) in [4.78, 5) is 48.7. The Kier molecular flexibility index (Phi) is 5.86. The van der Waals surface area contributed by atoms with Crippen LogP contribution in [0.5, 0.6) is 5.75 Å². The second-order valence-electron chi connectivity index (χ2n) is 5.87. The third kappa shape index (κ3) is 3.87. The Bertz CT molecular complexity index is 1120. The lowest BCUT2D eigenvalue weighted by atomic mass is 10.1. The number of aromatic nitrogens is 4. The molecular formula is C14H15F3N4O8. The maximum absolute atomic E-state index is 14.5. The number of hydrogen-bond acceptors (Lipinski definition) is 8. The van der Waals surface area contributed by atoms with Crippen molar-refractivity contribution in [3.8, 4) is 5.75 Å². The van der Waals surface area contributed by atoms with Crippen LogP contribution in [0.4, 0.5) is 13.2 Å². The fourth-order valence-electron chi connectivity index (χ4n) is 2.30. The highest BCUT2D eigenvalue weighted by molar-refractivity contribution is 5.08. The number of aryl methyl sites for hydroxylation is 1. The molecule has 12 nitrogen and oxygen atoms in total. The van der Waals surface area contributed by atoms with Crippen LogP contribution in [0, 0.1) is 6.92 Å². The second-order valence-corrected chi connectivity index (χ2v) is 5.87. The van der Waals surface area contributed by atoms with E-state index in [-0.39, 0.29) is 10.1 Å². The lowest BCUT2D eigenvalue weighted by Crippen LogP contribution is -2.53. The van der Waals surface area contributed by atoms with E-state index in [1.807, 2.05) is 4.98 Å². The van der Waals surface area contributed by atoms with Crippen LogP contribution in [0.1, 0.15) is 5.56 Å². The number of halogens is 3. The minimum atomic E-state index is -4.49. The van der Waals surface area contributed by atoms with Crippen LogP contribution in [-0.4, -0.2) is 59.6 Å². The van der Waals surface area contributed by atoms with Crippen molar-refractivity contribution in [3.63, 3.8) is 0 Å². The number of hydrogen-bond donors (Lipinski definition) is 6. The van der Waals surface area contributed by atoms with Gasteiger partial charge in [-0.1, -0.05) is 0 Å². The molecule has 1 aliphatic heterocycles. The number of aliphatic hydroxyl groups is 2. The fourth-order valence-corrected chi connectivity index (χ4v) is 2.30. The molecule has 0 amide bonds. The van der Waals surface area contributed by atoms with Crippen molar-refractivity contribution >= 4 is 0 Å². The summed E-state index contributed by atoms with van der Waals surface area (Å²) in [5.74, 6) is -8.99. The first-order valence-corrected chi connectivity index (χ1v) is 7.72. The monoisotopic (exact) mass is 424 g/mol. The molecule has 2 aromatic heterocycles. The Morgan fingerprint density at radius 3 is 2.28 bits per heavy atom. The minimum Gasteiger partial charge on any atom is -0.502 e. The smallest absolute Gasteiger partial charge is 0.365 e. The number of aliphatic hydroxyl groups excluding tert-OH is 2. The summed E-state index contributed by atoms with van der Waals surface area (Å²) in [6, 6.07) is 0. The van der Waals surface area contributed by atoms with E-state index in [0.29, 0.717) is 6.20 Å². The van der Waals surface area contributed by atoms with Crippen LogP contribution in [0.3, 0.4) is 0 Å². The maximum Gasteiger partial charge on any atom is 0.365 e. The lowest BCUT2D eigenvalue weighted by Gasteiger charge is -2.27. The third-order valence-electron chi connectivity index (χ3n) is 3.85. The van der Waals surface area contributed by atoms with Crippen molar-refractivity contribution in [3.05, 3.63) is 59.6 Å². The molecule has 0 spiro atoms. The van der Waals surface area contributed by atoms with Gasteiger partial charge in [-0.25, -0.2) is 14.2 Å². The van der Waals surface area contributed by atoms with Gasteiger partial charge in [0, 0.05) is 11.8 Å². The van der Waals surface area contributed by atoms with E-state index in [0.717, 1.165) is 6.20 Å². The molecule has 0 aliphatic carbocycles. The summed E-state index contributed by atoms with van der Waals surface area (Å²) in [7, 11) is 0. The SMILES string of the molecule is Cc1cn([C@]2(F)O[C@H](CO)[C@@H](O)C2(F)F)c(=O)[nH]c1=O.O=c1[nH]cc(O)c(=O)[nH]1. The Morgan fingerprint density at radius 2 is 1.79 bits per heavy atom. The zero-order valence-corrected chi connectivity index (χ0v) is 14.5. The van der Waals surface area contributed by atoms with Gasteiger partial charge in [-0.2, -0.15) is 13.2 Å². The number of alkyl halides is 3. The predicted molar refractivity (Wildman–Crippen MR) is 87.4 cm³/mol. The zero-order valence-electron chi connectivity index (χ0n) is 14.5. The molecule has 3 heterocycles. The second kappa shape index (κ2) is 7.69. The number of H-pyrrole nitrogens is 3. The summed E-state index contributed by atoms with van der Waals surface area (Å²) in [6.45, 7) is 0.102. The molecule has 2 aromatic rings. The van der Waals surface area contributed by atoms with Crippen molar-refractivity contribution in [2.75, 3.05) is 6.61 Å². The van der Waals surface area contributed by atoms with Crippen molar-refractivity contribution < 1.29 is 33.2 Å². The van der Waals surface area contributed by atoms with E-state index < -0.39 is 59.0 Å². The van der Waals surface area contributed by atoms with Crippen molar-refractivity contribution in [1.82, 2.24) is 19.5 Å². The molecule has 0 aromatic carbocycles. The number of rotatable bonds is 2. The first-order valence-electron chi connectivity index (χ1n) is 7.72. The normalized spacial score (nSPS) is 25.3. The highest BCUT2D eigenvalue weighted by Gasteiger charge is 2.71. The molecule has 6 N–H and O–H groups in total. The Morgan fingerprint density at radius 1 is 1.17 bits per heavy atom. The Labute approximate surface area is 156 Å². The molecule has 1 fully saturated rings. The lowest BCUT2D eigenvalue weighted by molar-refractivity contribution is -0.297. The third-order valence-corrected chi connectivity index (χ3v) is 3.85. The largest absolute Gasteiger partial charge is 0.502 e. The average Bonchev–Trinajstić information content (AvgIpc) is 2.82. The number of nitrogens with one attached hydrogen (secondary N) is 3. The van der Waals surface area contributed by atoms with Gasteiger partial charge in [-0.3, -0.25) is 19.6 Å². The zero-order chi connectivity index (χ0) is 22.1. The van der Waals surface area contributed by atoms with Gasteiger partial charge in [-0.15, -0.1) is 0 Å². The molecule has 1 saturated heterocycles. The number of ether oxygens (including phenoxy) is 1. The van der Waals surface area contributed by atoms with E-state index in [2.05, 4.69) is 9.72 Å². The molecule has 160 valence electrons. The Balaban J connectivity index is 0.000000278. The van der Waals surface area contributed by atoms with Crippen molar-refractivity contribution in [1.29, 1.82) is 0 Å². The van der Waals surface area contributed by atoms with Gasteiger partial charge >= 0.3 is 23.3 Å². The number of aromatic amines is 3. The van der Waals surface area contributed by atoms with Crippen molar-refractivity contribution in [2.45, 2.75) is 31.0 Å². The first-order chi connectivity index (χ1) is 13.3. The highest BCUT2D eigenvalue weighted by atomic mass is 19.3. The summed E-state index contributed by atoms with van der Waals surface area (Å²) >= 11 is 0. The number of nitrogens with zero attached hydrogens (tertiary/aromatic N) is 1. The minimum absolute atomic E-state index is 0.150. The van der Waals surface area contributed by atoms with Crippen LogP contribution in [0.2, 0.25) is 0 Å². The quantitative estimate of drug-likeness (QED) is 0.307. The van der Waals surface area contributed by atoms with Gasteiger partial charge < -0.3 is 25.0 Å². The molecule has 15 heteroatoms. The summed E-state index contributed by atoms with van der Waals surface area (Å²) in [6.07, 6.45) is -3.06. The molecule has 0 bridgehead atoms. The van der Waals surface area contributed by atoms with E-state index in [4.69, 9.17) is 10.2 Å². The summed E-state index contributed by atoms with van der Waals surface area (Å²) in [5, 5.41) is 26.6. The van der Waals surface area contributed by atoms with Crippen LogP contribution in [0.15, 0.2) is 31.6 Å². The van der Waals surface area contributed by atoms with E-state index in [1.54, 1.807) is 4.98 Å². The van der Waals surface area contributed by atoms with Gasteiger partial charge in [0.15, 0.2) is 11.9 Å². The highest BCUT2D eigenvalue weighted by Crippen LogP contribution is 2.47. The topological polar surface area (TPSA) is 190 Å². The van der Waals surface area contributed by atoms with E-state index in [1.165, 1.54) is 6.92 Å².